The number of nitrogens with one attached hydrogen (secondary N) is 1. The molecule has 1 atom stereocenters. The molecule has 3 heterocycles. The van der Waals surface area contributed by atoms with E-state index in [0.717, 1.165) is 32.4 Å². The topological polar surface area (TPSA) is 109 Å². The van der Waals surface area contributed by atoms with E-state index >= 15 is 0 Å². The van der Waals surface area contributed by atoms with Crippen LogP contribution in [-0.4, -0.2) is 52.5 Å². The molecule has 2 N–H and O–H groups in total. The molecule has 9 heteroatoms. The molecule has 1 aromatic heterocycles. The zero-order chi connectivity index (χ0) is 16.4. The monoisotopic (exact) mass is 321 g/mol. The number of piperidine rings is 1. The average molecular weight is 321 g/mol. The molecule has 1 fully saturated rings. The number of oxime groups is 1. The van der Waals surface area contributed by atoms with Crippen molar-refractivity contribution in [3.05, 3.63) is 16.0 Å². The van der Waals surface area contributed by atoms with Crippen molar-refractivity contribution in [3.63, 3.8) is 0 Å². The second kappa shape index (κ2) is 6.27. The van der Waals surface area contributed by atoms with Crippen LogP contribution < -0.4 is 15.8 Å². The summed E-state index contributed by atoms with van der Waals surface area (Å²) in [6.07, 6.45) is 4.60. The van der Waals surface area contributed by atoms with Gasteiger partial charge in [-0.15, -0.1) is 0 Å². The lowest BCUT2D eigenvalue weighted by Gasteiger charge is -2.29. The smallest absolute Gasteiger partial charge is 0.297 e. The van der Waals surface area contributed by atoms with Crippen molar-refractivity contribution in [2.45, 2.75) is 25.3 Å². The van der Waals surface area contributed by atoms with Crippen LogP contribution in [0.2, 0.25) is 0 Å². The van der Waals surface area contributed by atoms with E-state index in [4.69, 9.17) is 4.84 Å². The van der Waals surface area contributed by atoms with Gasteiger partial charge in [0.15, 0.2) is 5.69 Å². The number of aromatic hydroxyl groups is 1. The van der Waals surface area contributed by atoms with Gasteiger partial charge in [0.25, 0.3) is 11.5 Å². The minimum atomic E-state index is -0.651. The number of anilines is 1. The third kappa shape index (κ3) is 2.99. The maximum absolute atomic E-state index is 12.3. The van der Waals surface area contributed by atoms with Gasteiger partial charge in [-0.1, -0.05) is 5.16 Å². The molecule has 1 saturated heterocycles. The molecule has 1 aromatic rings. The molecule has 0 saturated carbocycles. The zero-order valence-corrected chi connectivity index (χ0v) is 12.9. The summed E-state index contributed by atoms with van der Waals surface area (Å²) in [4.78, 5) is 35.5. The Labute approximate surface area is 132 Å². The second-order valence-electron chi connectivity index (χ2n) is 5.65. The van der Waals surface area contributed by atoms with E-state index in [1.165, 1.54) is 17.8 Å². The summed E-state index contributed by atoms with van der Waals surface area (Å²) in [6, 6.07) is -0.397. The summed E-state index contributed by atoms with van der Waals surface area (Å²) in [5.74, 6) is -0.879. The average Bonchev–Trinajstić information content (AvgIpc) is 3.06. The molecule has 23 heavy (non-hydrogen) atoms. The van der Waals surface area contributed by atoms with Crippen LogP contribution in [0.4, 0.5) is 5.95 Å². The first-order valence-electron chi connectivity index (χ1n) is 7.59. The Hall–Kier alpha value is -2.58. The largest absolute Gasteiger partial charge is 0.501 e. The van der Waals surface area contributed by atoms with Gasteiger partial charge in [0.2, 0.25) is 11.7 Å². The highest BCUT2D eigenvalue weighted by atomic mass is 16.6. The van der Waals surface area contributed by atoms with Crippen molar-refractivity contribution in [2.75, 3.05) is 24.6 Å². The molecule has 1 amide bonds. The first kappa shape index (κ1) is 15.3. The highest BCUT2D eigenvalue weighted by molar-refractivity contribution is 5.96. The fourth-order valence-electron chi connectivity index (χ4n) is 2.71. The minimum Gasteiger partial charge on any atom is -0.501 e. The van der Waals surface area contributed by atoms with E-state index in [1.54, 1.807) is 0 Å². The van der Waals surface area contributed by atoms with Gasteiger partial charge >= 0.3 is 0 Å². The molecule has 1 unspecified atom stereocenters. The van der Waals surface area contributed by atoms with Crippen molar-refractivity contribution in [2.24, 2.45) is 12.2 Å². The third-order valence-electron chi connectivity index (χ3n) is 3.98. The highest BCUT2D eigenvalue weighted by Gasteiger charge is 2.25. The summed E-state index contributed by atoms with van der Waals surface area (Å²) >= 11 is 0. The molecule has 9 nitrogen and oxygen atoms in total. The molecule has 2 aliphatic heterocycles. The summed E-state index contributed by atoms with van der Waals surface area (Å²) in [5.41, 5.74) is -0.906. The minimum absolute atomic E-state index is 0.219. The summed E-state index contributed by atoms with van der Waals surface area (Å²) in [5, 5.41) is 16.2. The summed E-state index contributed by atoms with van der Waals surface area (Å²) < 4.78 is 1.28. The zero-order valence-electron chi connectivity index (χ0n) is 12.9. The van der Waals surface area contributed by atoms with Crippen LogP contribution in [-0.2, 0) is 11.9 Å². The van der Waals surface area contributed by atoms with Gasteiger partial charge in [-0.25, -0.2) is 4.98 Å². The number of carbonyl (C=O) groups is 1. The number of amides is 1. The van der Waals surface area contributed by atoms with E-state index < -0.39 is 23.3 Å². The molecular formula is C14H19N5O4. The number of rotatable bonds is 3. The van der Waals surface area contributed by atoms with Gasteiger partial charge in [-0.05, 0) is 19.3 Å². The van der Waals surface area contributed by atoms with Crippen LogP contribution in [0.1, 0.15) is 29.8 Å². The first-order chi connectivity index (χ1) is 11.1. The van der Waals surface area contributed by atoms with Crippen LogP contribution in [0.15, 0.2) is 9.95 Å². The van der Waals surface area contributed by atoms with Gasteiger partial charge in [0, 0.05) is 20.1 Å². The predicted molar refractivity (Wildman–Crippen MR) is 82.9 cm³/mol. The molecule has 0 aliphatic carbocycles. The predicted octanol–water partition coefficient (Wildman–Crippen LogP) is -0.409. The van der Waals surface area contributed by atoms with E-state index in [-0.39, 0.29) is 12.3 Å². The van der Waals surface area contributed by atoms with Crippen molar-refractivity contribution < 1.29 is 14.7 Å². The Morgan fingerprint density at radius 2 is 2.13 bits per heavy atom. The van der Waals surface area contributed by atoms with Crippen molar-refractivity contribution in [3.8, 4) is 5.75 Å². The Morgan fingerprint density at radius 1 is 1.39 bits per heavy atom. The number of carbonyl (C=O) groups excluding carboxylic acids is 1. The Balaban J connectivity index is 1.92. The van der Waals surface area contributed by atoms with Gasteiger partial charge in [0.05, 0.1) is 6.21 Å². The maximum Gasteiger partial charge on any atom is 0.297 e. The van der Waals surface area contributed by atoms with E-state index in [0.29, 0.717) is 5.95 Å². The molecule has 3 rings (SSSR count). The van der Waals surface area contributed by atoms with Gasteiger partial charge in [-0.2, -0.15) is 0 Å². The molecular weight excluding hydrogens is 302 g/mol. The van der Waals surface area contributed by atoms with Gasteiger partial charge < -0.3 is 20.2 Å². The number of aromatic nitrogens is 2. The molecule has 0 radical (unpaired) electrons. The summed E-state index contributed by atoms with van der Waals surface area (Å²) in [6.45, 7) is 1.76. The lowest BCUT2D eigenvalue weighted by Crippen LogP contribution is -2.40. The standard InChI is InChI=1S/C14H19N5O4/c1-18-13(22)11(20)10(12(21)16-9-7-15-23-8-9)17-14(18)19-5-3-2-4-6-19/h7,9,20H,2-6,8H2,1H3,(H,16,21). The van der Waals surface area contributed by atoms with Crippen LogP contribution in [0.3, 0.4) is 0 Å². The lowest BCUT2D eigenvalue weighted by molar-refractivity contribution is 0.0915. The van der Waals surface area contributed by atoms with Crippen LogP contribution >= 0.6 is 0 Å². The lowest BCUT2D eigenvalue weighted by atomic mass is 10.1. The quantitative estimate of drug-likeness (QED) is 0.783. The van der Waals surface area contributed by atoms with Gasteiger partial charge in [-0.3, -0.25) is 14.2 Å². The van der Waals surface area contributed by atoms with E-state index in [9.17, 15) is 14.7 Å². The third-order valence-corrected chi connectivity index (χ3v) is 3.98. The fraction of sp³-hybridized carbons (Fsp3) is 0.571. The Kier molecular flexibility index (Phi) is 4.18. The number of hydrogen-bond acceptors (Lipinski definition) is 7. The van der Waals surface area contributed by atoms with Gasteiger partial charge in [0.1, 0.15) is 12.6 Å². The second-order valence-corrected chi connectivity index (χ2v) is 5.65. The SMILES string of the molecule is Cn1c(N2CCCCC2)nc(C(=O)NC2C=NOC2)c(O)c1=O. The molecule has 0 spiro atoms. The number of nitrogens with zero attached hydrogens (tertiary/aromatic N) is 4. The maximum atomic E-state index is 12.3. The van der Waals surface area contributed by atoms with Crippen molar-refractivity contribution in [1.82, 2.24) is 14.9 Å². The Bertz CT molecular complexity index is 693. The van der Waals surface area contributed by atoms with Crippen molar-refractivity contribution >= 4 is 18.1 Å². The highest BCUT2D eigenvalue weighted by Crippen LogP contribution is 2.19. The Morgan fingerprint density at radius 3 is 2.78 bits per heavy atom. The fourth-order valence-corrected chi connectivity index (χ4v) is 2.71. The van der Waals surface area contributed by atoms with Crippen LogP contribution in [0.5, 0.6) is 5.75 Å². The van der Waals surface area contributed by atoms with Crippen LogP contribution in [0, 0.1) is 0 Å². The van der Waals surface area contributed by atoms with Crippen molar-refractivity contribution in [1.29, 1.82) is 0 Å². The summed E-state index contributed by atoms with van der Waals surface area (Å²) in [7, 11) is 1.54. The van der Waals surface area contributed by atoms with E-state index in [1.807, 2.05) is 4.90 Å². The molecule has 124 valence electrons. The molecule has 2 aliphatic rings. The molecule has 0 aromatic carbocycles. The molecule has 0 bridgehead atoms. The first-order valence-corrected chi connectivity index (χ1v) is 7.59. The normalized spacial score (nSPS) is 20.4. The van der Waals surface area contributed by atoms with E-state index in [2.05, 4.69) is 15.5 Å². The van der Waals surface area contributed by atoms with Crippen LogP contribution in [0.25, 0.3) is 0 Å². The number of hydrogen-bond donors (Lipinski definition) is 2.